The van der Waals surface area contributed by atoms with Crippen LogP contribution in [0.4, 0.5) is 5.69 Å². The number of fused-ring (bicyclic) bond motifs is 5. The van der Waals surface area contributed by atoms with E-state index in [1.807, 2.05) is 23.6 Å². The van der Waals surface area contributed by atoms with Gasteiger partial charge in [-0.25, -0.2) is 4.79 Å². The minimum atomic E-state index is -0.414. The molecule has 0 spiro atoms. The van der Waals surface area contributed by atoms with E-state index in [4.69, 9.17) is 14.2 Å². The van der Waals surface area contributed by atoms with E-state index < -0.39 is 5.97 Å². The number of rotatable bonds is 4. The number of carbonyl (C=O) groups excluding carboxylic acids is 1. The Kier molecular flexibility index (Phi) is 5.88. The third-order valence-electron chi connectivity index (χ3n) is 6.26. The van der Waals surface area contributed by atoms with Crippen LogP contribution in [0.5, 0.6) is 17.2 Å². The highest BCUT2D eigenvalue weighted by atomic mass is 32.1. The Labute approximate surface area is 214 Å². The molecule has 2 aliphatic rings. The summed E-state index contributed by atoms with van der Waals surface area (Å²) < 4.78 is 16.8. The lowest BCUT2D eigenvalue weighted by molar-refractivity contribution is -0.134. The predicted octanol–water partition coefficient (Wildman–Crippen LogP) is 6.81. The van der Waals surface area contributed by atoms with Crippen LogP contribution in [0.15, 0.2) is 47.9 Å². The number of carbonyl (C=O) groups is 1. The van der Waals surface area contributed by atoms with E-state index in [0.717, 1.165) is 38.4 Å². The summed E-state index contributed by atoms with van der Waals surface area (Å²) in [5.41, 5.74) is 6.39. The number of ether oxygens (including phenoxy) is 3. The van der Waals surface area contributed by atoms with Crippen LogP contribution in [0.25, 0.3) is 34.6 Å². The smallest absolute Gasteiger partial charge is 0.330 e. The minimum Gasteiger partial charge on any atom is -0.504 e. The van der Waals surface area contributed by atoms with E-state index in [1.54, 1.807) is 36.7 Å². The van der Waals surface area contributed by atoms with Crippen molar-refractivity contribution in [3.05, 3.63) is 69.4 Å². The average Bonchev–Trinajstić information content (AvgIpc) is 3.28. The molecule has 2 aromatic carbocycles. The zero-order valence-corrected chi connectivity index (χ0v) is 21.6. The molecule has 3 heterocycles. The largest absolute Gasteiger partial charge is 0.504 e. The molecule has 6 nitrogen and oxygen atoms in total. The highest BCUT2D eigenvalue weighted by Crippen LogP contribution is 2.54. The van der Waals surface area contributed by atoms with Crippen LogP contribution in [0, 0.1) is 0 Å². The van der Waals surface area contributed by atoms with Crippen molar-refractivity contribution in [1.29, 1.82) is 0 Å². The second-order valence-electron chi connectivity index (χ2n) is 9.28. The van der Waals surface area contributed by atoms with Crippen LogP contribution >= 0.6 is 11.3 Å². The van der Waals surface area contributed by atoms with Crippen molar-refractivity contribution in [3.8, 4) is 28.4 Å². The number of phenolic OH excluding ortho intramolecular Hbond substituents is 1. The third kappa shape index (κ3) is 4.05. The maximum absolute atomic E-state index is 11.7. The van der Waals surface area contributed by atoms with Crippen molar-refractivity contribution in [1.82, 2.24) is 0 Å². The summed E-state index contributed by atoms with van der Waals surface area (Å²) in [6.07, 6.45) is 7.35. The van der Waals surface area contributed by atoms with Crippen molar-refractivity contribution in [2.75, 3.05) is 19.5 Å². The monoisotopic (exact) mass is 501 g/mol. The molecule has 2 N–H and O–H groups in total. The molecular formula is C29H27NO5S. The van der Waals surface area contributed by atoms with Crippen LogP contribution in [-0.2, 0) is 9.53 Å². The zero-order chi connectivity index (χ0) is 25.6. The Balaban J connectivity index is 1.76. The van der Waals surface area contributed by atoms with Crippen molar-refractivity contribution >= 4 is 46.5 Å². The molecule has 0 saturated heterocycles. The highest BCUT2D eigenvalue weighted by Gasteiger charge is 2.33. The van der Waals surface area contributed by atoms with Gasteiger partial charge in [0.25, 0.3) is 0 Å². The van der Waals surface area contributed by atoms with Crippen molar-refractivity contribution in [2.24, 2.45) is 0 Å². The van der Waals surface area contributed by atoms with Gasteiger partial charge >= 0.3 is 5.97 Å². The van der Waals surface area contributed by atoms with Crippen molar-refractivity contribution in [2.45, 2.75) is 26.3 Å². The lowest BCUT2D eigenvalue weighted by Crippen LogP contribution is -2.32. The topological polar surface area (TPSA) is 77.0 Å². The molecule has 2 aliphatic heterocycles. The molecule has 0 aliphatic carbocycles. The number of aromatic hydroxyl groups is 1. The fourth-order valence-electron chi connectivity index (χ4n) is 4.88. The number of thiophene rings is 1. The Hall–Kier alpha value is -3.97. The maximum Gasteiger partial charge on any atom is 0.330 e. The SMILES string of the molecule is COC(=O)C=Cc1ccsc1C=C1Oc2ccc(O)c(OC)c2-c2ccc3c(c21)C(C)=CC(C)(C)N3. The molecular weight excluding hydrogens is 474 g/mol. The van der Waals surface area contributed by atoms with E-state index >= 15 is 0 Å². The second-order valence-corrected chi connectivity index (χ2v) is 10.2. The number of benzene rings is 2. The van der Waals surface area contributed by atoms with Crippen LogP contribution in [0.1, 0.15) is 42.3 Å². The van der Waals surface area contributed by atoms with Gasteiger partial charge in [-0.3, -0.25) is 0 Å². The quantitative estimate of drug-likeness (QED) is 0.302. The summed E-state index contributed by atoms with van der Waals surface area (Å²) in [4.78, 5) is 12.6. The maximum atomic E-state index is 11.7. The molecule has 3 aromatic rings. The van der Waals surface area contributed by atoms with Gasteiger partial charge in [-0.05, 0) is 73.7 Å². The number of allylic oxidation sites excluding steroid dienone is 1. The van der Waals surface area contributed by atoms with Gasteiger partial charge < -0.3 is 24.6 Å². The fourth-order valence-corrected chi connectivity index (χ4v) is 5.69. The number of esters is 1. The molecule has 36 heavy (non-hydrogen) atoms. The minimum absolute atomic E-state index is 0.0518. The number of hydrogen-bond donors (Lipinski definition) is 2. The lowest BCUT2D eigenvalue weighted by atomic mass is 9.83. The Morgan fingerprint density at radius 2 is 1.92 bits per heavy atom. The molecule has 5 rings (SSSR count). The highest BCUT2D eigenvalue weighted by molar-refractivity contribution is 7.11. The zero-order valence-electron chi connectivity index (χ0n) is 20.8. The Morgan fingerprint density at radius 3 is 2.67 bits per heavy atom. The number of anilines is 1. The van der Waals surface area contributed by atoms with Gasteiger partial charge in [0.05, 0.1) is 25.3 Å². The number of hydrogen-bond acceptors (Lipinski definition) is 7. The van der Waals surface area contributed by atoms with Gasteiger partial charge in [-0.2, -0.15) is 0 Å². The molecule has 184 valence electrons. The summed E-state index contributed by atoms with van der Waals surface area (Å²) in [6.45, 7) is 6.37. The van der Waals surface area contributed by atoms with Gasteiger partial charge in [0, 0.05) is 33.3 Å². The fraction of sp³-hybridized carbons (Fsp3) is 0.207. The molecule has 1 aromatic heterocycles. The van der Waals surface area contributed by atoms with E-state index in [9.17, 15) is 9.90 Å². The van der Waals surface area contributed by atoms with E-state index in [1.165, 1.54) is 13.2 Å². The lowest BCUT2D eigenvalue weighted by Gasteiger charge is -2.35. The average molecular weight is 502 g/mol. The molecule has 0 fully saturated rings. The van der Waals surface area contributed by atoms with Crippen molar-refractivity contribution < 1.29 is 24.1 Å². The molecule has 0 radical (unpaired) electrons. The standard InChI is InChI=1S/C29H27NO5S/c1-16-15-29(2,3)30-19-8-7-18-26(25(16)19)22(35-21-10-9-20(31)28(34-5)27(18)21)14-23-17(12-13-36-23)6-11-24(32)33-4/h6-15,30-31H,1-5H3. The van der Waals surface area contributed by atoms with Crippen LogP contribution in [-0.4, -0.2) is 30.8 Å². The first-order chi connectivity index (χ1) is 17.2. The van der Waals surface area contributed by atoms with E-state index in [2.05, 4.69) is 38.2 Å². The number of nitrogens with one attached hydrogen (secondary N) is 1. The van der Waals surface area contributed by atoms with E-state index in [-0.39, 0.29) is 11.3 Å². The van der Waals surface area contributed by atoms with Gasteiger partial charge in [-0.15, -0.1) is 11.3 Å². The Morgan fingerprint density at radius 1 is 1.11 bits per heavy atom. The van der Waals surface area contributed by atoms with E-state index in [0.29, 0.717) is 22.8 Å². The summed E-state index contributed by atoms with van der Waals surface area (Å²) in [7, 11) is 2.90. The van der Waals surface area contributed by atoms with Crippen LogP contribution in [0.3, 0.4) is 0 Å². The van der Waals surface area contributed by atoms with Gasteiger partial charge in [0.1, 0.15) is 11.5 Å². The molecule has 0 amide bonds. The summed E-state index contributed by atoms with van der Waals surface area (Å²) in [5, 5.41) is 16.1. The summed E-state index contributed by atoms with van der Waals surface area (Å²) >= 11 is 1.55. The van der Waals surface area contributed by atoms with Crippen molar-refractivity contribution in [3.63, 3.8) is 0 Å². The third-order valence-corrected chi connectivity index (χ3v) is 7.14. The molecule has 0 atom stereocenters. The van der Waals surface area contributed by atoms with Gasteiger partial charge in [0.15, 0.2) is 11.5 Å². The number of phenols is 1. The molecule has 7 heteroatoms. The first kappa shape index (κ1) is 23.8. The first-order valence-corrected chi connectivity index (χ1v) is 12.4. The first-order valence-electron chi connectivity index (χ1n) is 11.5. The summed E-state index contributed by atoms with van der Waals surface area (Å²) in [5.74, 6) is 1.28. The van der Waals surface area contributed by atoms with Gasteiger partial charge in [-0.1, -0.05) is 12.1 Å². The molecule has 0 saturated carbocycles. The molecule has 0 unspecified atom stereocenters. The molecule has 0 bridgehead atoms. The Bertz CT molecular complexity index is 1480. The number of methoxy groups -OCH3 is 2. The summed E-state index contributed by atoms with van der Waals surface area (Å²) in [6, 6.07) is 9.38. The van der Waals surface area contributed by atoms with Crippen LogP contribution < -0.4 is 14.8 Å². The van der Waals surface area contributed by atoms with Crippen LogP contribution in [0.2, 0.25) is 0 Å². The normalized spacial score (nSPS) is 16.4. The predicted molar refractivity (Wildman–Crippen MR) is 145 cm³/mol. The second kappa shape index (κ2) is 8.91. The van der Waals surface area contributed by atoms with Gasteiger partial charge in [0.2, 0.25) is 0 Å².